The van der Waals surface area contributed by atoms with Gasteiger partial charge in [-0.3, -0.25) is 10.1 Å². The summed E-state index contributed by atoms with van der Waals surface area (Å²) in [4.78, 5) is 11.0. The minimum atomic E-state index is -0.321. The molecule has 2 unspecified atom stereocenters. The van der Waals surface area contributed by atoms with Crippen LogP contribution in [0, 0.1) is 16.0 Å². The number of hydrogen-bond acceptors (Lipinski definition) is 2. The highest BCUT2D eigenvalue weighted by Crippen LogP contribution is 2.35. The number of halogens is 2. The van der Waals surface area contributed by atoms with Crippen LogP contribution in [-0.2, 0) is 6.42 Å². The molecule has 3 nitrogen and oxygen atoms in total. The first-order chi connectivity index (χ1) is 9.99. The minimum Gasteiger partial charge on any atom is -0.258 e. The van der Waals surface area contributed by atoms with E-state index in [-0.39, 0.29) is 21.4 Å². The topological polar surface area (TPSA) is 43.1 Å². The van der Waals surface area contributed by atoms with Gasteiger partial charge in [0.2, 0.25) is 0 Å². The Bertz CT molecular complexity index is 631. The lowest BCUT2D eigenvalue weighted by atomic mass is 9.93. The van der Waals surface area contributed by atoms with Crippen molar-refractivity contribution in [2.75, 3.05) is 0 Å². The van der Waals surface area contributed by atoms with E-state index in [9.17, 15) is 10.1 Å². The molecule has 0 heterocycles. The number of nitro benzene ring substituents is 1. The smallest absolute Gasteiger partial charge is 0.258 e. The molecule has 0 aliphatic heterocycles. The van der Waals surface area contributed by atoms with E-state index >= 15 is 0 Å². The molecular formula is C16H15Br2NO2. The molecule has 0 aromatic heterocycles. The largest absolute Gasteiger partial charge is 0.273 e. The second kappa shape index (κ2) is 7.18. The number of alkyl halides is 1. The third-order valence-corrected chi connectivity index (χ3v) is 5.33. The fraction of sp³-hybridized carbons (Fsp3) is 0.250. The number of rotatable bonds is 5. The molecule has 0 aliphatic carbocycles. The Kier molecular flexibility index (Phi) is 5.53. The highest BCUT2D eigenvalue weighted by molar-refractivity contribution is 9.10. The Balaban J connectivity index is 2.20. The van der Waals surface area contributed by atoms with Crippen LogP contribution in [0.2, 0.25) is 0 Å². The van der Waals surface area contributed by atoms with Gasteiger partial charge in [-0.2, -0.15) is 0 Å². The summed E-state index contributed by atoms with van der Waals surface area (Å²) in [6, 6.07) is 15.3. The van der Waals surface area contributed by atoms with E-state index in [1.54, 1.807) is 6.07 Å². The summed E-state index contributed by atoms with van der Waals surface area (Å²) in [6.07, 6.45) is 0.647. The maximum Gasteiger partial charge on any atom is 0.273 e. The van der Waals surface area contributed by atoms with Gasteiger partial charge >= 0.3 is 0 Å². The van der Waals surface area contributed by atoms with Crippen molar-refractivity contribution in [3.05, 3.63) is 74.2 Å². The van der Waals surface area contributed by atoms with Gasteiger partial charge < -0.3 is 0 Å². The second-order valence-corrected chi connectivity index (χ2v) is 6.93. The van der Waals surface area contributed by atoms with E-state index in [0.29, 0.717) is 6.42 Å². The van der Waals surface area contributed by atoms with Crippen molar-refractivity contribution in [1.29, 1.82) is 0 Å². The number of nitro groups is 1. The molecule has 2 aromatic rings. The molecular weight excluding hydrogens is 398 g/mol. The van der Waals surface area contributed by atoms with Crippen LogP contribution in [0.15, 0.2) is 53.0 Å². The Morgan fingerprint density at radius 1 is 1.19 bits per heavy atom. The summed E-state index contributed by atoms with van der Waals surface area (Å²) in [5, 5.41) is 11.2. The maximum atomic E-state index is 11.2. The maximum absolute atomic E-state index is 11.2. The predicted molar refractivity (Wildman–Crippen MR) is 91.8 cm³/mol. The number of hydrogen-bond donors (Lipinski definition) is 0. The average Bonchev–Trinajstić information content (AvgIpc) is 2.49. The number of benzene rings is 2. The molecule has 110 valence electrons. The highest BCUT2D eigenvalue weighted by atomic mass is 79.9. The molecule has 21 heavy (non-hydrogen) atoms. The van der Waals surface area contributed by atoms with E-state index in [0.717, 1.165) is 10.0 Å². The Hall–Kier alpha value is -1.20. The monoisotopic (exact) mass is 411 g/mol. The van der Waals surface area contributed by atoms with Crippen LogP contribution < -0.4 is 0 Å². The van der Waals surface area contributed by atoms with Crippen LogP contribution in [0.3, 0.4) is 0 Å². The van der Waals surface area contributed by atoms with Crippen LogP contribution in [-0.4, -0.2) is 4.92 Å². The van der Waals surface area contributed by atoms with Crippen molar-refractivity contribution in [2.45, 2.75) is 18.2 Å². The third kappa shape index (κ3) is 4.14. The quantitative estimate of drug-likeness (QED) is 0.360. The highest BCUT2D eigenvalue weighted by Gasteiger charge is 2.21. The SMILES string of the molecule is CC(Cc1ccc(Br)cc1[N+](=O)[O-])C(Br)c1ccccc1. The summed E-state index contributed by atoms with van der Waals surface area (Å²) >= 11 is 6.99. The molecule has 5 heteroatoms. The molecule has 0 saturated heterocycles. The van der Waals surface area contributed by atoms with Crippen LogP contribution >= 0.6 is 31.9 Å². The lowest BCUT2D eigenvalue weighted by Gasteiger charge is -2.19. The zero-order valence-corrected chi connectivity index (χ0v) is 14.7. The van der Waals surface area contributed by atoms with Crippen LogP contribution in [0.5, 0.6) is 0 Å². The Morgan fingerprint density at radius 3 is 2.48 bits per heavy atom. The molecule has 0 spiro atoms. The number of nitrogens with zero attached hydrogens (tertiary/aromatic N) is 1. The molecule has 0 N–H and O–H groups in total. The first-order valence-corrected chi connectivity index (χ1v) is 8.31. The molecule has 2 aromatic carbocycles. The minimum absolute atomic E-state index is 0.168. The van der Waals surface area contributed by atoms with Crippen molar-refractivity contribution in [3.8, 4) is 0 Å². The summed E-state index contributed by atoms with van der Waals surface area (Å²) in [5.74, 6) is 0.243. The Labute approximate surface area is 140 Å². The third-order valence-electron chi connectivity index (χ3n) is 3.40. The van der Waals surface area contributed by atoms with Gasteiger partial charge in [-0.05, 0) is 24.0 Å². The second-order valence-electron chi connectivity index (χ2n) is 5.02. The molecule has 0 fully saturated rings. The lowest BCUT2D eigenvalue weighted by Crippen LogP contribution is -2.08. The first-order valence-electron chi connectivity index (χ1n) is 6.61. The van der Waals surface area contributed by atoms with Crippen molar-refractivity contribution in [3.63, 3.8) is 0 Å². The van der Waals surface area contributed by atoms with E-state index in [2.05, 4.69) is 50.9 Å². The van der Waals surface area contributed by atoms with Crippen LogP contribution in [0.25, 0.3) is 0 Å². The zero-order chi connectivity index (χ0) is 15.4. The standard InChI is InChI=1S/C16H15Br2NO2/c1-11(16(18)12-5-3-2-4-6-12)9-13-7-8-14(17)10-15(13)19(20)21/h2-8,10-11,16H,9H2,1H3. The molecule has 0 aliphatic rings. The van der Waals surface area contributed by atoms with E-state index in [4.69, 9.17) is 0 Å². The van der Waals surface area contributed by atoms with Crippen molar-refractivity contribution < 1.29 is 4.92 Å². The summed E-state index contributed by atoms with van der Waals surface area (Å²) in [5.41, 5.74) is 2.12. The van der Waals surface area contributed by atoms with Crippen molar-refractivity contribution in [1.82, 2.24) is 0 Å². The van der Waals surface area contributed by atoms with Gasteiger partial charge in [0.1, 0.15) is 0 Å². The van der Waals surface area contributed by atoms with Crippen molar-refractivity contribution >= 4 is 37.5 Å². The van der Waals surface area contributed by atoms with Gasteiger partial charge in [0.15, 0.2) is 0 Å². The Morgan fingerprint density at radius 2 is 1.86 bits per heavy atom. The zero-order valence-electron chi connectivity index (χ0n) is 11.5. The lowest BCUT2D eigenvalue weighted by molar-refractivity contribution is -0.385. The molecule has 2 atom stereocenters. The normalized spacial score (nSPS) is 13.7. The molecule has 0 radical (unpaired) electrons. The van der Waals surface area contributed by atoms with E-state index in [1.165, 1.54) is 5.56 Å². The molecule has 0 bridgehead atoms. The summed E-state index contributed by atoms with van der Waals surface area (Å²) < 4.78 is 0.726. The van der Waals surface area contributed by atoms with Crippen LogP contribution in [0.4, 0.5) is 5.69 Å². The van der Waals surface area contributed by atoms with Gasteiger partial charge in [-0.25, -0.2) is 0 Å². The van der Waals surface area contributed by atoms with Gasteiger partial charge in [0.05, 0.1) is 4.92 Å². The van der Waals surface area contributed by atoms with Gasteiger partial charge in [-0.15, -0.1) is 0 Å². The van der Waals surface area contributed by atoms with E-state index < -0.39 is 0 Å². The molecule has 0 amide bonds. The summed E-state index contributed by atoms with van der Waals surface area (Å²) in [7, 11) is 0. The van der Waals surface area contributed by atoms with Gasteiger partial charge in [0.25, 0.3) is 5.69 Å². The van der Waals surface area contributed by atoms with Crippen molar-refractivity contribution in [2.24, 2.45) is 5.92 Å². The predicted octanol–water partition coefficient (Wildman–Crippen LogP) is 5.67. The average molecular weight is 413 g/mol. The molecule has 0 saturated carbocycles. The molecule has 2 rings (SSSR count). The summed E-state index contributed by atoms with van der Waals surface area (Å²) in [6.45, 7) is 2.10. The van der Waals surface area contributed by atoms with Gasteiger partial charge in [-0.1, -0.05) is 75.2 Å². The van der Waals surface area contributed by atoms with Gasteiger partial charge in [0, 0.05) is 20.9 Å². The first kappa shape index (κ1) is 16.2. The van der Waals surface area contributed by atoms with E-state index in [1.807, 2.05) is 30.3 Å². The fourth-order valence-corrected chi connectivity index (χ4v) is 3.14. The fourth-order valence-electron chi connectivity index (χ4n) is 2.30. The van der Waals surface area contributed by atoms with Crippen LogP contribution in [0.1, 0.15) is 22.9 Å².